The molecule has 25 heavy (non-hydrogen) atoms. The number of furan rings is 1. The smallest absolute Gasteiger partial charge is 0.328 e. The van der Waals surface area contributed by atoms with Crippen molar-refractivity contribution in [2.24, 2.45) is 0 Å². The van der Waals surface area contributed by atoms with Crippen LogP contribution < -0.4 is 0 Å². The Kier molecular flexibility index (Phi) is 5.75. The fourth-order valence-corrected chi connectivity index (χ4v) is 3.34. The van der Waals surface area contributed by atoms with Crippen molar-refractivity contribution in [3.63, 3.8) is 0 Å². The summed E-state index contributed by atoms with van der Waals surface area (Å²) in [6, 6.07) is 2.94. The minimum absolute atomic E-state index is 0.121. The summed E-state index contributed by atoms with van der Waals surface area (Å²) in [5.41, 5.74) is 0. The van der Waals surface area contributed by atoms with Crippen molar-refractivity contribution < 1.29 is 23.2 Å². The Bertz CT molecular complexity index is 715. The minimum Gasteiger partial charge on any atom is -0.464 e. The molecule has 8 nitrogen and oxygen atoms in total. The molecule has 3 heterocycles. The van der Waals surface area contributed by atoms with E-state index in [9.17, 15) is 9.59 Å². The molecule has 1 atom stereocenters. The van der Waals surface area contributed by atoms with Crippen molar-refractivity contribution in [1.29, 1.82) is 0 Å². The predicted molar refractivity (Wildman–Crippen MR) is 88.7 cm³/mol. The van der Waals surface area contributed by atoms with Crippen LogP contribution in [0, 0.1) is 0 Å². The van der Waals surface area contributed by atoms with Crippen LogP contribution in [0.5, 0.6) is 0 Å². The van der Waals surface area contributed by atoms with Gasteiger partial charge in [0.1, 0.15) is 6.04 Å². The van der Waals surface area contributed by atoms with Crippen LogP contribution in [-0.4, -0.2) is 51.9 Å². The van der Waals surface area contributed by atoms with Gasteiger partial charge in [0.15, 0.2) is 5.76 Å². The van der Waals surface area contributed by atoms with E-state index in [1.165, 1.54) is 6.26 Å². The first-order valence-corrected chi connectivity index (χ1v) is 9.14. The van der Waals surface area contributed by atoms with E-state index in [2.05, 4.69) is 10.2 Å². The zero-order valence-electron chi connectivity index (χ0n) is 13.8. The number of ether oxygens (including phenoxy) is 1. The summed E-state index contributed by atoms with van der Waals surface area (Å²) in [5.74, 6) is 0.390. The summed E-state index contributed by atoms with van der Waals surface area (Å²) in [6.07, 6.45) is 3.95. The lowest BCUT2D eigenvalue weighted by Crippen LogP contribution is -2.49. The van der Waals surface area contributed by atoms with Crippen LogP contribution in [0.25, 0.3) is 11.7 Å². The highest BCUT2D eigenvalue weighted by Crippen LogP contribution is 2.25. The quantitative estimate of drug-likeness (QED) is 0.568. The van der Waals surface area contributed by atoms with Gasteiger partial charge in [-0.2, -0.15) is 0 Å². The molecular formula is C16H19N3O5S. The van der Waals surface area contributed by atoms with E-state index in [-0.39, 0.29) is 28.7 Å². The Labute approximate surface area is 148 Å². The average Bonchev–Trinajstić information content (AvgIpc) is 3.31. The van der Waals surface area contributed by atoms with E-state index in [0.717, 1.165) is 24.6 Å². The maximum atomic E-state index is 12.5. The van der Waals surface area contributed by atoms with E-state index >= 15 is 0 Å². The lowest BCUT2D eigenvalue weighted by molar-refractivity contribution is -0.155. The van der Waals surface area contributed by atoms with E-state index in [1.54, 1.807) is 24.0 Å². The minimum atomic E-state index is -0.497. The molecule has 2 aromatic rings. The van der Waals surface area contributed by atoms with Crippen LogP contribution >= 0.6 is 11.8 Å². The summed E-state index contributed by atoms with van der Waals surface area (Å²) in [5, 5.41) is 8.07. The molecular weight excluding hydrogens is 346 g/mol. The third-order valence-electron chi connectivity index (χ3n) is 3.84. The molecule has 0 N–H and O–H groups in total. The normalized spacial score (nSPS) is 17.5. The van der Waals surface area contributed by atoms with Crippen molar-refractivity contribution >= 4 is 23.6 Å². The fraction of sp³-hybridized carbons (Fsp3) is 0.500. The molecule has 3 rings (SSSR count). The second kappa shape index (κ2) is 8.19. The van der Waals surface area contributed by atoms with E-state index in [4.69, 9.17) is 13.6 Å². The van der Waals surface area contributed by atoms with Gasteiger partial charge in [0, 0.05) is 6.54 Å². The molecule has 9 heteroatoms. The predicted octanol–water partition coefficient (Wildman–Crippen LogP) is 2.37. The molecule has 1 aliphatic heterocycles. The van der Waals surface area contributed by atoms with Gasteiger partial charge in [-0.05, 0) is 38.3 Å². The molecule has 134 valence electrons. The van der Waals surface area contributed by atoms with Gasteiger partial charge in [0.25, 0.3) is 11.1 Å². The highest BCUT2D eigenvalue weighted by atomic mass is 32.2. The average molecular weight is 365 g/mol. The maximum Gasteiger partial charge on any atom is 0.328 e. The van der Waals surface area contributed by atoms with Gasteiger partial charge in [0.05, 0.1) is 18.6 Å². The number of carbonyl (C=O) groups is 2. The SMILES string of the molecule is CCOC(=O)[C@H]1CCCCN1C(=O)CSc1nnc(-c2ccco2)o1. The van der Waals surface area contributed by atoms with Crippen molar-refractivity contribution in [1.82, 2.24) is 15.1 Å². The zero-order valence-corrected chi connectivity index (χ0v) is 14.7. The molecule has 0 aliphatic carbocycles. The number of hydrogen-bond donors (Lipinski definition) is 0. The summed E-state index contributed by atoms with van der Waals surface area (Å²) in [7, 11) is 0. The summed E-state index contributed by atoms with van der Waals surface area (Å²) >= 11 is 1.14. The van der Waals surface area contributed by atoms with Gasteiger partial charge >= 0.3 is 5.97 Å². The van der Waals surface area contributed by atoms with Crippen LogP contribution in [-0.2, 0) is 14.3 Å². The molecule has 0 radical (unpaired) electrons. The van der Waals surface area contributed by atoms with Crippen LogP contribution in [0.15, 0.2) is 32.5 Å². The largest absolute Gasteiger partial charge is 0.464 e. The van der Waals surface area contributed by atoms with Gasteiger partial charge in [-0.25, -0.2) is 4.79 Å². The Morgan fingerprint density at radius 3 is 3.04 bits per heavy atom. The topological polar surface area (TPSA) is 98.7 Å². The van der Waals surface area contributed by atoms with E-state index in [1.807, 2.05) is 0 Å². The van der Waals surface area contributed by atoms with Gasteiger partial charge in [-0.1, -0.05) is 11.8 Å². The first kappa shape index (κ1) is 17.5. The Morgan fingerprint density at radius 2 is 2.28 bits per heavy atom. The monoisotopic (exact) mass is 365 g/mol. The number of esters is 1. The number of thioether (sulfide) groups is 1. The van der Waals surface area contributed by atoms with Crippen molar-refractivity contribution in [3.05, 3.63) is 18.4 Å². The number of rotatable bonds is 6. The second-order valence-electron chi connectivity index (χ2n) is 5.49. The summed E-state index contributed by atoms with van der Waals surface area (Å²) < 4.78 is 15.7. The Balaban J connectivity index is 1.58. The van der Waals surface area contributed by atoms with E-state index in [0.29, 0.717) is 25.3 Å². The fourth-order valence-electron chi connectivity index (χ4n) is 2.69. The first-order valence-electron chi connectivity index (χ1n) is 8.15. The third-order valence-corrected chi connectivity index (χ3v) is 4.64. The molecule has 0 aromatic carbocycles. The van der Waals surface area contributed by atoms with Gasteiger partial charge in [-0.3, -0.25) is 4.79 Å². The van der Waals surface area contributed by atoms with Crippen LogP contribution in [0.4, 0.5) is 0 Å². The lowest BCUT2D eigenvalue weighted by atomic mass is 10.0. The zero-order chi connectivity index (χ0) is 17.6. The molecule has 0 bridgehead atoms. The molecule has 1 aliphatic rings. The number of piperidine rings is 1. The Morgan fingerprint density at radius 1 is 1.40 bits per heavy atom. The maximum absolute atomic E-state index is 12.5. The van der Waals surface area contributed by atoms with Crippen LogP contribution in [0.1, 0.15) is 26.2 Å². The van der Waals surface area contributed by atoms with Gasteiger partial charge in [-0.15, -0.1) is 10.2 Å². The van der Waals surface area contributed by atoms with Crippen molar-refractivity contribution in [3.8, 4) is 11.7 Å². The summed E-state index contributed by atoms with van der Waals surface area (Å²) in [4.78, 5) is 26.2. The van der Waals surface area contributed by atoms with Gasteiger partial charge in [0.2, 0.25) is 5.91 Å². The highest BCUT2D eigenvalue weighted by Gasteiger charge is 2.33. The number of nitrogens with zero attached hydrogens (tertiary/aromatic N) is 3. The molecule has 0 unspecified atom stereocenters. The standard InChI is InChI=1S/C16H19N3O5S/c1-2-22-15(21)11-6-3-4-8-19(11)13(20)10-25-16-18-17-14(24-16)12-7-5-9-23-12/h5,7,9,11H,2-4,6,8,10H2,1H3/t11-/m1/s1. The lowest BCUT2D eigenvalue weighted by Gasteiger charge is -2.33. The molecule has 1 amide bonds. The molecule has 0 saturated carbocycles. The van der Waals surface area contributed by atoms with Crippen LogP contribution in [0.3, 0.4) is 0 Å². The number of hydrogen-bond acceptors (Lipinski definition) is 8. The number of likely N-dealkylation sites (tertiary alicyclic amines) is 1. The number of aromatic nitrogens is 2. The third kappa shape index (κ3) is 4.22. The summed E-state index contributed by atoms with van der Waals surface area (Å²) in [6.45, 7) is 2.63. The van der Waals surface area contributed by atoms with Crippen molar-refractivity contribution in [2.75, 3.05) is 18.9 Å². The Hall–Kier alpha value is -2.29. The van der Waals surface area contributed by atoms with E-state index < -0.39 is 6.04 Å². The number of amides is 1. The molecule has 0 spiro atoms. The van der Waals surface area contributed by atoms with Gasteiger partial charge < -0.3 is 18.5 Å². The first-order chi connectivity index (χ1) is 12.2. The second-order valence-corrected chi connectivity index (χ2v) is 6.42. The molecule has 1 saturated heterocycles. The highest BCUT2D eigenvalue weighted by molar-refractivity contribution is 7.99. The molecule has 2 aromatic heterocycles. The van der Waals surface area contributed by atoms with Crippen molar-refractivity contribution in [2.45, 2.75) is 37.5 Å². The van der Waals surface area contributed by atoms with Crippen LogP contribution in [0.2, 0.25) is 0 Å². The number of carbonyl (C=O) groups excluding carboxylic acids is 2. The molecule has 1 fully saturated rings.